The zero-order chi connectivity index (χ0) is 14.3. The second-order valence-corrected chi connectivity index (χ2v) is 7.45. The summed E-state index contributed by atoms with van der Waals surface area (Å²) in [6.07, 6.45) is 6.83. The third-order valence-electron chi connectivity index (χ3n) is 2.59. The summed E-state index contributed by atoms with van der Waals surface area (Å²) in [7, 11) is -1.56. The van der Waals surface area contributed by atoms with Gasteiger partial charge in [-0.2, -0.15) is 4.31 Å². The van der Waals surface area contributed by atoms with Crippen LogP contribution in [0.1, 0.15) is 18.2 Å². The molecule has 0 radical (unpaired) electrons. The smallest absolute Gasteiger partial charge is 0.253 e. The van der Waals surface area contributed by atoms with E-state index in [-0.39, 0.29) is 6.54 Å². The van der Waals surface area contributed by atoms with Gasteiger partial charge in [-0.3, -0.25) is 0 Å². The van der Waals surface area contributed by atoms with Crippen molar-refractivity contribution in [2.45, 2.75) is 24.0 Å². The van der Waals surface area contributed by atoms with Crippen LogP contribution in [-0.4, -0.2) is 39.4 Å². The molecule has 0 saturated heterocycles. The van der Waals surface area contributed by atoms with Crippen LogP contribution in [0.4, 0.5) is 0 Å². The van der Waals surface area contributed by atoms with Crippen LogP contribution >= 0.6 is 11.3 Å². The van der Waals surface area contributed by atoms with Crippen LogP contribution < -0.4 is 5.32 Å². The van der Waals surface area contributed by atoms with Crippen molar-refractivity contribution >= 4 is 21.4 Å². The number of terminal acetylenes is 1. The monoisotopic (exact) mass is 300 g/mol. The van der Waals surface area contributed by atoms with Crippen LogP contribution in [0.5, 0.6) is 0 Å². The minimum absolute atomic E-state index is 0.125. The molecular formula is C13H20N2O2S2. The van der Waals surface area contributed by atoms with E-state index in [2.05, 4.69) is 11.2 Å². The van der Waals surface area contributed by atoms with Gasteiger partial charge in [0.1, 0.15) is 4.21 Å². The van der Waals surface area contributed by atoms with Crippen molar-refractivity contribution in [2.75, 3.05) is 26.7 Å². The molecule has 0 spiro atoms. The molecule has 19 heavy (non-hydrogen) atoms. The molecule has 6 heteroatoms. The van der Waals surface area contributed by atoms with Crippen molar-refractivity contribution in [2.24, 2.45) is 0 Å². The maximum atomic E-state index is 12.4. The molecule has 1 aromatic heterocycles. The summed E-state index contributed by atoms with van der Waals surface area (Å²) < 4.78 is 26.6. The van der Waals surface area contributed by atoms with Gasteiger partial charge in [-0.25, -0.2) is 8.42 Å². The molecule has 1 heterocycles. The number of hydrogen-bond donors (Lipinski definition) is 1. The molecule has 0 amide bonds. The predicted molar refractivity (Wildman–Crippen MR) is 79.8 cm³/mol. The lowest BCUT2D eigenvalue weighted by atomic mass is 10.3. The molecule has 0 unspecified atom stereocenters. The van der Waals surface area contributed by atoms with E-state index in [1.54, 1.807) is 6.07 Å². The van der Waals surface area contributed by atoms with E-state index in [4.69, 9.17) is 6.42 Å². The first kappa shape index (κ1) is 16.2. The standard InChI is InChI=1S/C13H20N2O2S2/c1-4-10-15(11-5-2)19(16,17)13-7-6-12(18-13)8-9-14-3/h1,6-7,14H,5,8-11H2,2-3H3. The summed E-state index contributed by atoms with van der Waals surface area (Å²) >= 11 is 1.32. The number of nitrogens with zero attached hydrogens (tertiary/aromatic N) is 1. The molecule has 1 aromatic rings. The van der Waals surface area contributed by atoms with Gasteiger partial charge in [0.25, 0.3) is 10.0 Å². The predicted octanol–water partition coefficient (Wildman–Crippen LogP) is 1.54. The van der Waals surface area contributed by atoms with E-state index in [0.717, 1.165) is 24.3 Å². The first-order chi connectivity index (χ1) is 9.06. The maximum Gasteiger partial charge on any atom is 0.253 e. The Balaban J connectivity index is 2.91. The highest BCUT2D eigenvalue weighted by molar-refractivity contribution is 7.91. The molecule has 4 nitrogen and oxygen atoms in total. The fraction of sp³-hybridized carbons (Fsp3) is 0.538. The van der Waals surface area contributed by atoms with Crippen molar-refractivity contribution in [3.05, 3.63) is 17.0 Å². The van der Waals surface area contributed by atoms with E-state index in [1.165, 1.54) is 15.6 Å². The van der Waals surface area contributed by atoms with Gasteiger partial charge in [0.2, 0.25) is 0 Å². The second-order valence-electron chi connectivity index (χ2n) is 4.12. The average Bonchev–Trinajstić information content (AvgIpc) is 2.85. The molecule has 0 bridgehead atoms. The minimum atomic E-state index is -3.44. The molecular weight excluding hydrogens is 280 g/mol. The van der Waals surface area contributed by atoms with Crippen molar-refractivity contribution < 1.29 is 8.42 Å². The van der Waals surface area contributed by atoms with E-state index >= 15 is 0 Å². The van der Waals surface area contributed by atoms with Crippen LogP contribution in [0.3, 0.4) is 0 Å². The Labute approximate surface area is 119 Å². The molecule has 0 aliphatic carbocycles. The molecule has 0 atom stereocenters. The highest BCUT2D eigenvalue weighted by Gasteiger charge is 2.24. The minimum Gasteiger partial charge on any atom is -0.319 e. The van der Waals surface area contributed by atoms with Crippen LogP contribution in [0.15, 0.2) is 16.3 Å². The van der Waals surface area contributed by atoms with Gasteiger partial charge in [-0.05, 0) is 38.6 Å². The van der Waals surface area contributed by atoms with Gasteiger partial charge in [0.15, 0.2) is 0 Å². The Kier molecular flexibility index (Phi) is 6.52. The molecule has 0 aromatic carbocycles. The Hall–Kier alpha value is -0.870. The zero-order valence-electron chi connectivity index (χ0n) is 11.3. The van der Waals surface area contributed by atoms with Crippen LogP contribution in [0.2, 0.25) is 0 Å². The Morgan fingerprint density at radius 3 is 2.79 bits per heavy atom. The first-order valence-electron chi connectivity index (χ1n) is 6.23. The summed E-state index contributed by atoms with van der Waals surface area (Å²) in [5, 5.41) is 3.05. The van der Waals surface area contributed by atoms with Gasteiger partial charge in [-0.15, -0.1) is 17.8 Å². The van der Waals surface area contributed by atoms with Gasteiger partial charge in [0, 0.05) is 11.4 Å². The van der Waals surface area contributed by atoms with Gasteiger partial charge in [0.05, 0.1) is 6.54 Å². The normalized spacial score (nSPS) is 11.7. The van der Waals surface area contributed by atoms with E-state index in [1.807, 2.05) is 20.0 Å². The molecule has 1 N–H and O–H groups in total. The van der Waals surface area contributed by atoms with Gasteiger partial charge < -0.3 is 5.32 Å². The second kappa shape index (κ2) is 7.65. The lowest BCUT2D eigenvalue weighted by Gasteiger charge is -2.17. The Bertz CT molecular complexity index is 529. The van der Waals surface area contributed by atoms with Crippen LogP contribution in [-0.2, 0) is 16.4 Å². The van der Waals surface area contributed by atoms with E-state index in [0.29, 0.717) is 10.8 Å². The highest BCUT2D eigenvalue weighted by Crippen LogP contribution is 2.25. The van der Waals surface area contributed by atoms with Gasteiger partial charge >= 0.3 is 0 Å². The van der Waals surface area contributed by atoms with E-state index < -0.39 is 10.0 Å². The Morgan fingerprint density at radius 1 is 1.47 bits per heavy atom. The quantitative estimate of drug-likeness (QED) is 0.741. The van der Waals surface area contributed by atoms with Gasteiger partial charge in [-0.1, -0.05) is 12.8 Å². The molecule has 106 valence electrons. The lowest BCUT2D eigenvalue weighted by molar-refractivity contribution is 0.447. The number of nitrogens with one attached hydrogen (secondary N) is 1. The number of thiophene rings is 1. The van der Waals surface area contributed by atoms with Crippen molar-refractivity contribution in [3.63, 3.8) is 0 Å². The third-order valence-corrected chi connectivity index (χ3v) is 6.05. The highest BCUT2D eigenvalue weighted by atomic mass is 32.2. The topological polar surface area (TPSA) is 49.4 Å². The largest absolute Gasteiger partial charge is 0.319 e. The molecule has 0 saturated carbocycles. The molecule has 0 fully saturated rings. The summed E-state index contributed by atoms with van der Waals surface area (Å²) in [6, 6.07) is 3.54. The molecule has 1 rings (SSSR count). The van der Waals surface area contributed by atoms with E-state index in [9.17, 15) is 8.42 Å². The average molecular weight is 300 g/mol. The summed E-state index contributed by atoms with van der Waals surface area (Å²) in [5.41, 5.74) is 0. The SMILES string of the molecule is C#CCN(CCC)S(=O)(=O)c1ccc(CCNC)s1. The van der Waals surface area contributed by atoms with Crippen molar-refractivity contribution in [3.8, 4) is 12.3 Å². The number of rotatable bonds is 8. The van der Waals surface area contributed by atoms with Crippen LogP contribution in [0.25, 0.3) is 0 Å². The maximum absolute atomic E-state index is 12.4. The van der Waals surface area contributed by atoms with Crippen LogP contribution in [0, 0.1) is 12.3 Å². The zero-order valence-corrected chi connectivity index (χ0v) is 13.0. The Morgan fingerprint density at radius 2 is 2.21 bits per heavy atom. The molecule has 0 aliphatic rings. The lowest BCUT2D eigenvalue weighted by Crippen LogP contribution is -2.31. The molecule has 0 aliphatic heterocycles. The fourth-order valence-corrected chi connectivity index (χ4v) is 4.60. The van der Waals surface area contributed by atoms with Crippen molar-refractivity contribution in [1.29, 1.82) is 0 Å². The third kappa shape index (κ3) is 4.32. The number of sulfonamides is 1. The summed E-state index contributed by atoms with van der Waals surface area (Å²) in [5.74, 6) is 2.41. The number of hydrogen-bond acceptors (Lipinski definition) is 4. The van der Waals surface area contributed by atoms with Crippen molar-refractivity contribution in [1.82, 2.24) is 9.62 Å². The fourth-order valence-electron chi connectivity index (χ4n) is 1.64. The summed E-state index contributed by atoms with van der Waals surface area (Å²) in [6.45, 7) is 3.35. The summed E-state index contributed by atoms with van der Waals surface area (Å²) in [4.78, 5) is 1.06. The number of likely N-dealkylation sites (N-methyl/N-ethyl adjacent to an activating group) is 1. The first-order valence-corrected chi connectivity index (χ1v) is 8.48.